The Hall–Kier alpha value is -9.69. The second-order valence-corrected chi connectivity index (χ2v) is 28.3. The van der Waals surface area contributed by atoms with E-state index in [0.29, 0.717) is 0 Å². The summed E-state index contributed by atoms with van der Waals surface area (Å²) in [7, 11) is 0. The molecule has 95 heavy (non-hydrogen) atoms. The molecule has 0 unspecified atom stereocenters. The van der Waals surface area contributed by atoms with Crippen molar-refractivity contribution < 1.29 is 0 Å². The first-order valence-corrected chi connectivity index (χ1v) is 35.3. The highest BCUT2D eigenvalue weighted by atomic mass is 127. The number of rotatable bonds is 6. The van der Waals surface area contributed by atoms with Gasteiger partial charge in [-0.1, -0.05) is 323 Å². The summed E-state index contributed by atoms with van der Waals surface area (Å²) in [5.74, 6) is 0. The van der Waals surface area contributed by atoms with Gasteiger partial charge in [-0.3, -0.25) is 0 Å². The number of aromatic nitrogens is 1. The lowest BCUT2D eigenvalue weighted by molar-refractivity contribution is 0.749. The maximum Gasteiger partial charge on any atom is 0.0713 e. The summed E-state index contributed by atoms with van der Waals surface area (Å²) in [6, 6.07) is 117. The lowest BCUT2D eigenvalue weighted by Gasteiger charge is -2.34. The second kappa shape index (κ2) is 24.3. The van der Waals surface area contributed by atoms with Gasteiger partial charge in [-0.25, -0.2) is 0 Å². The lowest BCUT2D eigenvalue weighted by Crippen LogP contribution is -2.28. The molecule has 0 spiro atoms. The highest BCUT2D eigenvalue weighted by molar-refractivity contribution is 14.1. The predicted molar refractivity (Wildman–Crippen MR) is 417 cm³/mol. The Balaban J connectivity index is 0.000000119. The van der Waals surface area contributed by atoms with Crippen molar-refractivity contribution in [3.63, 3.8) is 0 Å². The van der Waals surface area contributed by atoms with Crippen molar-refractivity contribution >= 4 is 125 Å². The van der Waals surface area contributed by atoms with E-state index < -0.39 is 0 Å². The Morgan fingerprint density at radius 1 is 0.368 bits per heavy atom. The number of benzene rings is 15. The van der Waals surface area contributed by atoms with E-state index >= 15 is 0 Å². The van der Waals surface area contributed by atoms with Gasteiger partial charge in [0.05, 0.1) is 21.9 Å². The summed E-state index contributed by atoms with van der Waals surface area (Å²) in [4.78, 5) is 0. The first-order chi connectivity index (χ1) is 46.8. The SMILES string of the molecule is Brc1ccc2c(c1)Cc1c-2c2ccccc2c2ccccc12.C/C(=C\C=C1/Cc2ccccc2C1(c1ccccc1)c1ccccc1)n1c2cc(Br)ccc2c2c3ccccc3c3ccccc3c21.Ic1ccc2c(c1)-c1ccccc1C2(c1ccccc1)c1ccccc1. The van der Waals surface area contributed by atoms with Gasteiger partial charge in [0.1, 0.15) is 0 Å². The van der Waals surface area contributed by atoms with Crippen LogP contribution in [0.4, 0.5) is 0 Å². The van der Waals surface area contributed by atoms with Crippen LogP contribution in [0.1, 0.15) is 62.6 Å². The number of halogens is 3. The predicted octanol–water partition coefficient (Wildman–Crippen LogP) is 25.2. The number of allylic oxidation sites excluding steroid dienone is 4. The standard InChI is InChI=1S/C45H32BrN.C25H17I.C21H13Br/c1-30(24-25-34-28-31-14-8-13-23-41(31)45(34,32-15-4-2-5-16-32)33-17-6-3-7-18-33)47-42-29-35(46)26-27-40(42)43-38-21-11-9-19-36(38)37-20-10-12-22-39(37)44(43)47;26-20-15-16-24-22(17-20)21-13-7-8-14-23(21)25(24,18-9-3-1-4-10-18)19-11-5-2-6-12-19;22-14-9-10-15-13(11-14)12-20-18-7-2-1-5-16(18)17-6-3-4-8-19(17)21(15)20/h2-27,29H,28H2,1H3;1-17H;1-11H,12H2/b30-24+,34-25+;;. The fourth-order valence-corrected chi connectivity index (χ4v) is 17.8. The molecule has 16 aromatic rings. The first kappa shape index (κ1) is 59.1. The molecule has 3 aliphatic carbocycles. The van der Waals surface area contributed by atoms with Gasteiger partial charge in [0.15, 0.2) is 0 Å². The Kier molecular flexibility index (Phi) is 15.1. The average molecular weight is 1460 g/mol. The van der Waals surface area contributed by atoms with Gasteiger partial charge in [0.2, 0.25) is 0 Å². The summed E-state index contributed by atoms with van der Waals surface area (Å²) in [6.45, 7) is 2.26. The fourth-order valence-electron chi connectivity index (χ4n) is 16.5. The van der Waals surface area contributed by atoms with Crippen molar-refractivity contribution in [2.45, 2.75) is 30.6 Å². The van der Waals surface area contributed by atoms with Crippen LogP contribution in [-0.4, -0.2) is 4.57 Å². The van der Waals surface area contributed by atoms with Crippen molar-refractivity contribution in [3.8, 4) is 22.3 Å². The van der Waals surface area contributed by atoms with Crippen molar-refractivity contribution in [2.75, 3.05) is 0 Å². The molecule has 4 heteroatoms. The van der Waals surface area contributed by atoms with Gasteiger partial charge in [-0.05, 0) is 206 Å². The normalized spacial score (nSPS) is 14.3. The van der Waals surface area contributed by atoms with Gasteiger partial charge >= 0.3 is 0 Å². The minimum atomic E-state index is -0.372. The van der Waals surface area contributed by atoms with Gasteiger partial charge < -0.3 is 4.57 Å². The average Bonchev–Trinajstić information content (AvgIpc) is 1.60. The van der Waals surface area contributed by atoms with E-state index in [0.717, 1.165) is 21.8 Å². The van der Waals surface area contributed by atoms with Crippen molar-refractivity contribution in [1.82, 2.24) is 4.57 Å². The molecule has 3 aliphatic rings. The van der Waals surface area contributed by atoms with Crippen LogP contribution in [0.3, 0.4) is 0 Å². The zero-order valence-electron chi connectivity index (χ0n) is 52.2. The summed E-state index contributed by atoms with van der Waals surface area (Å²) in [5.41, 5.74) is 23.5. The highest BCUT2D eigenvalue weighted by Crippen LogP contribution is 2.57. The van der Waals surface area contributed by atoms with Crippen molar-refractivity contribution in [3.05, 3.63) is 407 Å². The third kappa shape index (κ3) is 9.57. The van der Waals surface area contributed by atoms with Gasteiger partial charge in [0, 0.05) is 34.4 Å². The molecule has 0 radical (unpaired) electrons. The quantitative estimate of drug-likeness (QED) is 0.116. The zero-order chi connectivity index (χ0) is 63.8. The van der Waals surface area contributed by atoms with Crippen LogP contribution in [0, 0.1) is 3.57 Å². The molecule has 0 aliphatic heterocycles. The molecule has 1 nitrogen and oxygen atoms in total. The molecule has 0 saturated carbocycles. The number of fused-ring (bicyclic) bond motifs is 20. The first-order valence-electron chi connectivity index (χ1n) is 32.6. The summed E-state index contributed by atoms with van der Waals surface area (Å²) < 4.78 is 5.99. The molecule has 1 heterocycles. The fraction of sp³-hybridized carbons (Fsp3) is 0.0549. The van der Waals surface area contributed by atoms with Crippen molar-refractivity contribution in [2.24, 2.45) is 0 Å². The van der Waals surface area contributed by atoms with E-state index in [1.54, 1.807) is 0 Å². The van der Waals surface area contributed by atoms with Crippen LogP contribution >= 0.6 is 54.5 Å². The van der Waals surface area contributed by atoms with E-state index in [1.807, 2.05) is 0 Å². The maximum atomic E-state index is 3.80. The van der Waals surface area contributed by atoms with Crippen LogP contribution in [0.25, 0.3) is 92.8 Å². The van der Waals surface area contributed by atoms with E-state index in [1.165, 1.54) is 158 Å². The molecular formula is C91H62Br2IN. The maximum absolute atomic E-state index is 3.80. The van der Waals surface area contributed by atoms with Crippen molar-refractivity contribution in [1.29, 1.82) is 0 Å². The van der Waals surface area contributed by atoms with E-state index in [4.69, 9.17) is 0 Å². The van der Waals surface area contributed by atoms with Gasteiger partial charge in [0.25, 0.3) is 0 Å². The Labute approximate surface area is 584 Å². The van der Waals surface area contributed by atoms with Crippen LogP contribution < -0.4 is 0 Å². The Morgan fingerprint density at radius 3 is 1.48 bits per heavy atom. The van der Waals surface area contributed by atoms with E-state index in [2.05, 4.69) is 400 Å². The number of hydrogen-bond donors (Lipinski definition) is 0. The lowest BCUT2D eigenvalue weighted by atomic mass is 9.68. The van der Waals surface area contributed by atoms with Crippen LogP contribution in [0.2, 0.25) is 0 Å². The number of hydrogen-bond acceptors (Lipinski definition) is 0. The van der Waals surface area contributed by atoms with E-state index in [9.17, 15) is 0 Å². The highest BCUT2D eigenvalue weighted by Gasteiger charge is 2.47. The van der Waals surface area contributed by atoms with E-state index in [-0.39, 0.29) is 10.8 Å². The second-order valence-electron chi connectivity index (χ2n) is 25.3. The molecule has 15 aromatic carbocycles. The summed E-state index contributed by atoms with van der Waals surface area (Å²) in [5, 5.41) is 13.2. The molecule has 0 N–H and O–H groups in total. The number of nitrogens with zero attached hydrogens (tertiary/aromatic N) is 1. The molecule has 19 rings (SSSR count). The molecule has 1 aromatic heterocycles. The zero-order valence-corrected chi connectivity index (χ0v) is 57.6. The third-order valence-electron chi connectivity index (χ3n) is 20.3. The third-order valence-corrected chi connectivity index (χ3v) is 22.0. The minimum absolute atomic E-state index is 0.265. The topological polar surface area (TPSA) is 4.93 Å². The molecule has 0 atom stereocenters. The Morgan fingerprint density at radius 2 is 0.842 bits per heavy atom. The van der Waals surface area contributed by atoms with Gasteiger partial charge in [-0.15, -0.1) is 0 Å². The monoisotopic (exact) mass is 1450 g/mol. The van der Waals surface area contributed by atoms with Crippen LogP contribution in [0.5, 0.6) is 0 Å². The van der Waals surface area contributed by atoms with Crippen LogP contribution in [-0.2, 0) is 23.7 Å². The Bertz CT molecular complexity index is 5690. The summed E-state index contributed by atoms with van der Waals surface area (Å²) in [6.07, 6.45) is 6.69. The molecule has 0 saturated heterocycles. The smallest absolute Gasteiger partial charge is 0.0713 e. The van der Waals surface area contributed by atoms with Gasteiger partial charge in [-0.2, -0.15) is 0 Å². The molecule has 0 fully saturated rings. The minimum Gasteiger partial charge on any atom is -0.313 e. The molecule has 452 valence electrons. The largest absolute Gasteiger partial charge is 0.313 e. The van der Waals surface area contributed by atoms with Crippen LogP contribution in [0.15, 0.2) is 348 Å². The molecule has 0 amide bonds. The molecule has 0 bridgehead atoms. The molecular weight excluding hydrogens is 1390 g/mol. The summed E-state index contributed by atoms with van der Waals surface area (Å²) >= 11 is 9.83.